The molecule has 0 aliphatic heterocycles. The SMILES string of the molecule is CC(C)n1c(CO)nnc1-c1ccc(F)cc1Cl. The zero-order valence-corrected chi connectivity index (χ0v) is 10.8. The fourth-order valence-electron chi connectivity index (χ4n) is 1.83. The third-order valence-corrected chi connectivity index (χ3v) is 2.91. The maximum absolute atomic E-state index is 13.0. The molecule has 2 aromatic rings. The van der Waals surface area contributed by atoms with E-state index in [1.165, 1.54) is 12.1 Å². The first-order chi connectivity index (χ1) is 8.54. The van der Waals surface area contributed by atoms with Gasteiger partial charge in [-0.15, -0.1) is 10.2 Å². The van der Waals surface area contributed by atoms with Crippen LogP contribution in [-0.2, 0) is 6.61 Å². The van der Waals surface area contributed by atoms with Crippen molar-refractivity contribution < 1.29 is 9.50 Å². The summed E-state index contributed by atoms with van der Waals surface area (Å²) in [5.41, 5.74) is 0.596. The smallest absolute Gasteiger partial charge is 0.165 e. The van der Waals surface area contributed by atoms with Gasteiger partial charge >= 0.3 is 0 Å². The third kappa shape index (κ3) is 2.23. The molecular weight excluding hydrogens is 257 g/mol. The summed E-state index contributed by atoms with van der Waals surface area (Å²) < 4.78 is 14.8. The summed E-state index contributed by atoms with van der Waals surface area (Å²) >= 11 is 6.01. The Morgan fingerprint density at radius 1 is 1.39 bits per heavy atom. The van der Waals surface area contributed by atoms with Crippen molar-refractivity contribution in [1.82, 2.24) is 14.8 Å². The van der Waals surface area contributed by atoms with Crippen molar-refractivity contribution in [3.8, 4) is 11.4 Å². The molecule has 0 saturated carbocycles. The fourth-order valence-corrected chi connectivity index (χ4v) is 2.08. The summed E-state index contributed by atoms with van der Waals surface area (Å²) in [6.45, 7) is 3.69. The third-order valence-electron chi connectivity index (χ3n) is 2.60. The van der Waals surface area contributed by atoms with Gasteiger partial charge in [-0.25, -0.2) is 4.39 Å². The van der Waals surface area contributed by atoms with Crippen LogP contribution in [0.15, 0.2) is 18.2 Å². The van der Waals surface area contributed by atoms with Gasteiger partial charge in [0.2, 0.25) is 0 Å². The Bertz CT molecular complexity index is 568. The van der Waals surface area contributed by atoms with Crippen molar-refractivity contribution in [2.75, 3.05) is 0 Å². The molecule has 0 aliphatic rings. The summed E-state index contributed by atoms with van der Waals surface area (Å²) in [7, 11) is 0. The van der Waals surface area contributed by atoms with E-state index < -0.39 is 5.82 Å². The molecule has 1 aromatic heterocycles. The van der Waals surface area contributed by atoms with Gasteiger partial charge in [-0.1, -0.05) is 11.6 Å². The van der Waals surface area contributed by atoms with Crippen LogP contribution in [0.5, 0.6) is 0 Å². The van der Waals surface area contributed by atoms with Gasteiger partial charge in [0, 0.05) is 11.6 Å². The minimum Gasteiger partial charge on any atom is -0.388 e. The van der Waals surface area contributed by atoms with Crippen molar-refractivity contribution in [1.29, 1.82) is 0 Å². The molecule has 1 N–H and O–H groups in total. The molecule has 1 heterocycles. The second-order valence-electron chi connectivity index (χ2n) is 4.19. The first-order valence-electron chi connectivity index (χ1n) is 5.54. The monoisotopic (exact) mass is 269 g/mol. The number of nitrogens with zero attached hydrogens (tertiary/aromatic N) is 3. The Morgan fingerprint density at radius 2 is 2.11 bits per heavy atom. The van der Waals surface area contributed by atoms with E-state index in [0.717, 1.165) is 0 Å². The molecule has 0 spiro atoms. The topological polar surface area (TPSA) is 50.9 Å². The normalized spacial score (nSPS) is 11.2. The van der Waals surface area contributed by atoms with Crippen LogP contribution in [0.2, 0.25) is 5.02 Å². The lowest BCUT2D eigenvalue weighted by Crippen LogP contribution is -2.08. The van der Waals surface area contributed by atoms with Gasteiger partial charge in [-0.3, -0.25) is 0 Å². The van der Waals surface area contributed by atoms with E-state index in [9.17, 15) is 9.50 Å². The predicted molar refractivity (Wildman–Crippen MR) is 66.7 cm³/mol. The molecule has 1 aromatic carbocycles. The predicted octanol–water partition coefficient (Wildman–Crippen LogP) is 2.81. The molecule has 0 fully saturated rings. The van der Waals surface area contributed by atoms with Crippen molar-refractivity contribution in [2.24, 2.45) is 0 Å². The van der Waals surface area contributed by atoms with Crippen LogP contribution in [0.25, 0.3) is 11.4 Å². The number of aliphatic hydroxyl groups is 1. The summed E-state index contributed by atoms with van der Waals surface area (Å²) in [6.07, 6.45) is 0. The maximum atomic E-state index is 13.0. The number of hydrogen-bond donors (Lipinski definition) is 1. The van der Waals surface area contributed by atoms with Crippen LogP contribution in [0.4, 0.5) is 4.39 Å². The van der Waals surface area contributed by atoms with Crippen LogP contribution in [0.3, 0.4) is 0 Å². The number of aliphatic hydroxyl groups excluding tert-OH is 1. The number of halogens is 2. The van der Waals surface area contributed by atoms with Crippen LogP contribution in [0, 0.1) is 5.82 Å². The highest BCUT2D eigenvalue weighted by Gasteiger charge is 2.17. The maximum Gasteiger partial charge on any atom is 0.165 e. The van der Waals surface area contributed by atoms with Gasteiger partial charge < -0.3 is 9.67 Å². The molecule has 0 unspecified atom stereocenters. The summed E-state index contributed by atoms with van der Waals surface area (Å²) in [4.78, 5) is 0. The highest BCUT2D eigenvalue weighted by atomic mass is 35.5. The zero-order chi connectivity index (χ0) is 13.3. The second kappa shape index (κ2) is 5.04. The average molecular weight is 270 g/mol. The molecule has 0 saturated heterocycles. The molecule has 96 valence electrons. The highest BCUT2D eigenvalue weighted by molar-refractivity contribution is 6.33. The van der Waals surface area contributed by atoms with E-state index in [2.05, 4.69) is 10.2 Å². The number of rotatable bonds is 3. The van der Waals surface area contributed by atoms with E-state index in [0.29, 0.717) is 17.2 Å². The van der Waals surface area contributed by atoms with Crippen LogP contribution < -0.4 is 0 Å². The van der Waals surface area contributed by atoms with Gasteiger partial charge in [0.25, 0.3) is 0 Å². The Labute approximate surface area is 109 Å². The van der Waals surface area contributed by atoms with E-state index in [1.807, 2.05) is 13.8 Å². The lowest BCUT2D eigenvalue weighted by atomic mass is 10.2. The molecular formula is C12H13ClFN3O. The van der Waals surface area contributed by atoms with Crippen LogP contribution >= 0.6 is 11.6 Å². The van der Waals surface area contributed by atoms with Crippen molar-refractivity contribution in [3.05, 3.63) is 34.9 Å². The molecule has 4 nitrogen and oxygen atoms in total. The van der Waals surface area contributed by atoms with Crippen molar-refractivity contribution in [2.45, 2.75) is 26.5 Å². The molecule has 0 amide bonds. The highest BCUT2D eigenvalue weighted by Crippen LogP contribution is 2.29. The molecule has 18 heavy (non-hydrogen) atoms. The molecule has 2 rings (SSSR count). The second-order valence-corrected chi connectivity index (χ2v) is 4.59. The van der Waals surface area contributed by atoms with Gasteiger partial charge in [0.1, 0.15) is 12.4 Å². The number of aromatic nitrogens is 3. The Morgan fingerprint density at radius 3 is 2.67 bits per heavy atom. The van der Waals surface area contributed by atoms with E-state index in [1.54, 1.807) is 10.6 Å². The molecule has 0 atom stereocenters. The standard InChI is InChI=1S/C12H13ClFN3O/c1-7(2)17-11(6-18)15-16-12(17)9-4-3-8(14)5-10(9)13/h3-5,7,18H,6H2,1-2H3. The Balaban J connectivity index is 2.60. The summed E-state index contributed by atoms with van der Waals surface area (Å²) in [6, 6.07) is 4.17. The molecule has 0 bridgehead atoms. The summed E-state index contributed by atoms with van der Waals surface area (Å²) in [5.74, 6) is 0.584. The molecule has 6 heteroatoms. The largest absolute Gasteiger partial charge is 0.388 e. The van der Waals surface area contributed by atoms with E-state index in [-0.39, 0.29) is 17.7 Å². The summed E-state index contributed by atoms with van der Waals surface area (Å²) in [5, 5.41) is 17.4. The fraction of sp³-hybridized carbons (Fsp3) is 0.333. The van der Waals surface area contributed by atoms with E-state index in [4.69, 9.17) is 11.6 Å². The molecule has 0 aliphatic carbocycles. The van der Waals surface area contributed by atoms with Gasteiger partial charge in [-0.2, -0.15) is 0 Å². The van der Waals surface area contributed by atoms with Gasteiger partial charge in [0.05, 0.1) is 5.02 Å². The van der Waals surface area contributed by atoms with Crippen LogP contribution in [0.1, 0.15) is 25.7 Å². The average Bonchev–Trinajstić information content (AvgIpc) is 2.72. The van der Waals surface area contributed by atoms with Gasteiger partial charge in [-0.05, 0) is 32.0 Å². The minimum atomic E-state index is -0.401. The number of hydrogen-bond acceptors (Lipinski definition) is 3. The van der Waals surface area contributed by atoms with Crippen LogP contribution in [-0.4, -0.2) is 19.9 Å². The minimum absolute atomic E-state index is 0.0678. The lowest BCUT2D eigenvalue weighted by molar-refractivity contribution is 0.262. The quantitative estimate of drug-likeness (QED) is 0.932. The zero-order valence-electron chi connectivity index (χ0n) is 10.1. The van der Waals surface area contributed by atoms with Crippen molar-refractivity contribution in [3.63, 3.8) is 0 Å². The van der Waals surface area contributed by atoms with E-state index >= 15 is 0 Å². The first-order valence-corrected chi connectivity index (χ1v) is 5.92. The Hall–Kier alpha value is -1.46. The number of benzene rings is 1. The lowest BCUT2D eigenvalue weighted by Gasteiger charge is -2.13. The first kappa shape index (κ1) is 13.0. The Kier molecular flexibility index (Phi) is 3.63. The van der Waals surface area contributed by atoms with Crippen molar-refractivity contribution >= 4 is 11.6 Å². The molecule has 0 radical (unpaired) electrons. The van der Waals surface area contributed by atoms with Gasteiger partial charge in [0.15, 0.2) is 11.6 Å².